The molecule has 0 aliphatic carbocycles. The summed E-state index contributed by atoms with van der Waals surface area (Å²) in [5, 5.41) is 20.1. The van der Waals surface area contributed by atoms with E-state index in [0.717, 1.165) is 0 Å². The lowest BCUT2D eigenvalue weighted by Gasteiger charge is -2.07. The SMILES string of the molecule is O=C(CSc1ncn[nH]1)Nc1cccc(C(=O)[O-])c1. The van der Waals surface area contributed by atoms with Gasteiger partial charge in [-0.2, -0.15) is 5.10 Å². The van der Waals surface area contributed by atoms with E-state index in [1.165, 1.54) is 36.3 Å². The Labute approximate surface area is 112 Å². The third-order valence-corrected chi connectivity index (χ3v) is 2.99. The Bertz CT molecular complexity index is 585. The lowest BCUT2D eigenvalue weighted by molar-refractivity contribution is -0.255. The summed E-state index contributed by atoms with van der Waals surface area (Å²) >= 11 is 1.20. The number of amides is 1. The van der Waals surface area contributed by atoms with Gasteiger partial charge in [-0.3, -0.25) is 9.89 Å². The van der Waals surface area contributed by atoms with Crippen LogP contribution >= 0.6 is 11.8 Å². The van der Waals surface area contributed by atoms with Gasteiger partial charge in [-0.1, -0.05) is 23.9 Å². The average molecular weight is 277 g/mol. The molecule has 1 heterocycles. The number of anilines is 1. The second kappa shape index (κ2) is 6.01. The van der Waals surface area contributed by atoms with Crippen LogP contribution in [0, 0.1) is 0 Å². The molecule has 0 aliphatic rings. The monoisotopic (exact) mass is 277 g/mol. The number of hydrogen-bond acceptors (Lipinski definition) is 6. The molecule has 2 N–H and O–H groups in total. The van der Waals surface area contributed by atoms with Crippen LogP contribution in [0.2, 0.25) is 0 Å². The summed E-state index contributed by atoms with van der Waals surface area (Å²) in [5.41, 5.74) is 0.422. The molecule has 0 bridgehead atoms. The molecule has 1 aromatic carbocycles. The highest BCUT2D eigenvalue weighted by Gasteiger charge is 2.05. The zero-order chi connectivity index (χ0) is 13.7. The van der Waals surface area contributed by atoms with Crippen LogP contribution < -0.4 is 10.4 Å². The number of carbonyl (C=O) groups is 2. The lowest BCUT2D eigenvalue weighted by atomic mass is 10.2. The number of carbonyl (C=O) groups excluding carboxylic acids is 2. The molecule has 0 fully saturated rings. The van der Waals surface area contributed by atoms with Gasteiger partial charge in [0.05, 0.1) is 11.7 Å². The third-order valence-electron chi connectivity index (χ3n) is 2.11. The molecule has 0 spiro atoms. The largest absolute Gasteiger partial charge is 0.545 e. The number of aromatic nitrogens is 3. The minimum atomic E-state index is -1.29. The molecule has 7 nitrogen and oxygen atoms in total. The quantitative estimate of drug-likeness (QED) is 0.738. The fourth-order valence-corrected chi connectivity index (χ4v) is 1.90. The van der Waals surface area contributed by atoms with Crippen LogP contribution in [0.3, 0.4) is 0 Å². The maximum absolute atomic E-state index is 11.6. The first-order valence-electron chi connectivity index (χ1n) is 5.24. The molecule has 0 aliphatic heterocycles. The van der Waals surface area contributed by atoms with Crippen LogP contribution in [-0.2, 0) is 4.79 Å². The van der Waals surface area contributed by atoms with Crippen molar-refractivity contribution in [3.63, 3.8) is 0 Å². The smallest absolute Gasteiger partial charge is 0.234 e. The van der Waals surface area contributed by atoms with Crippen LogP contribution in [0.1, 0.15) is 10.4 Å². The molecular formula is C11H9N4O3S-. The highest BCUT2D eigenvalue weighted by Crippen LogP contribution is 2.13. The van der Waals surface area contributed by atoms with Gasteiger partial charge in [-0.15, -0.1) is 0 Å². The van der Waals surface area contributed by atoms with Crippen molar-refractivity contribution in [1.82, 2.24) is 15.2 Å². The number of rotatable bonds is 5. The molecule has 0 radical (unpaired) electrons. The minimum Gasteiger partial charge on any atom is -0.545 e. The molecule has 98 valence electrons. The molecule has 8 heteroatoms. The summed E-state index contributed by atoms with van der Waals surface area (Å²) in [6, 6.07) is 5.87. The minimum absolute atomic E-state index is 0.0145. The van der Waals surface area contributed by atoms with Gasteiger partial charge in [0.15, 0.2) is 5.16 Å². The summed E-state index contributed by atoms with van der Waals surface area (Å²) < 4.78 is 0. The van der Waals surface area contributed by atoms with E-state index >= 15 is 0 Å². The van der Waals surface area contributed by atoms with Gasteiger partial charge in [0.1, 0.15) is 6.33 Å². The van der Waals surface area contributed by atoms with E-state index in [-0.39, 0.29) is 17.2 Å². The van der Waals surface area contributed by atoms with Gasteiger partial charge in [0.2, 0.25) is 5.91 Å². The maximum Gasteiger partial charge on any atom is 0.234 e. The second-order valence-electron chi connectivity index (χ2n) is 3.50. The molecule has 1 aromatic heterocycles. The van der Waals surface area contributed by atoms with Crippen LogP contribution in [0.5, 0.6) is 0 Å². The highest BCUT2D eigenvalue weighted by atomic mass is 32.2. The summed E-state index contributed by atoms with van der Waals surface area (Å²) in [7, 11) is 0. The molecular weight excluding hydrogens is 268 g/mol. The molecule has 2 rings (SSSR count). The first kappa shape index (κ1) is 13.1. The standard InChI is InChI=1S/C11H10N4O3S/c16-9(5-19-11-12-6-13-15-11)14-8-3-1-2-7(4-8)10(17)18/h1-4,6H,5H2,(H,14,16)(H,17,18)(H,12,13,15)/p-1. The van der Waals surface area contributed by atoms with Gasteiger partial charge in [-0.25, -0.2) is 4.98 Å². The maximum atomic E-state index is 11.6. The lowest BCUT2D eigenvalue weighted by Crippen LogP contribution is -2.22. The molecule has 0 saturated carbocycles. The van der Waals surface area contributed by atoms with E-state index in [1.54, 1.807) is 6.07 Å². The molecule has 0 saturated heterocycles. The number of carboxylic acids is 1. The van der Waals surface area contributed by atoms with Crippen LogP contribution in [0.15, 0.2) is 35.7 Å². The number of H-pyrrole nitrogens is 1. The van der Waals surface area contributed by atoms with Crippen molar-refractivity contribution in [3.05, 3.63) is 36.2 Å². The number of hydrogen-bond donors (Lipinski definition) is 2. The number of thioether (sulfide) groups is 1. The van der Waals surface area contributed by atoms with E-state index in [2.05, 4.69) is 20.5 Å². The summed E-state index contributed by atoms with van der Waals surface area (Å²) in [4.78, 5) is 26.2. The molecule has 0 atom stereocenters. The number of nitrogens with one attached hydrogen (secondary N) is 2. The molecule has 0 unspecified atom stereocenters. The average Bonchev–Trinajstić information content (AvgIpc) is 2.90. The predicted molar refractivity (Wildman–Crippen MR) is 66.5 cm³/mol. The Kier molecular flexibility index (Phi) is 4.14. The number of carboxylic acid groups (broad SMARTS) is 1. The normalized spacial score (nSPS) is 10.1. The summed E-state index contributed by atoms with van der Waals surface area (Å²) in [6.07, 6.45) is 1.35. The van der Waals surface area contributed by atoms with Crippen molar-refractivity contribution in [1.29, 1.82) is 0 Å². The fourth-order valence-electron chi connectivity index (χ4n) is 1.32. The zero-order valence-corrected chi connectivity index (χ0v) is 10.4. The fraction of sp³-hybridized carbons (Fsp3) is 0.0909. The van der Waals surface area contributed by atoms with Crippen molar-refractivity contribution in [2.45, 2.75) is 5.16 Å². The van der Waals surface area contributed by atoms with Crippen molar-refractivity contribution in [2.24, 2.45) is 0 Å². The Hall–Kier alpha value is -2.35. The van der Waals surface area contributed by atoms with Crippen molar-refractivity contribution < 1.29 is 14.7 Å². The summed E-state index contributed by atoms with van der Waals surface area (Å²) in [5.74, 6) is -1.41. The first-order valence-corrected chi connectivity index (χ1v) is 6.23. The second-order valence-corrected chi connectivity index (χ2v) is 4.46. The van der Waals surface area contributed by atoms with Crippen LogP contribution in [0.25, 0.3) is 0 Å². The predicted octanol–water partition coefficient (Wildman–Crippen LogP) is -0.101. The van der Waals surface area contributed by atoms with E-state index in [1.807, 2.05) is 0 Å². The van der Waals surface area contributed by atoms with E-state index in [4.69, 9.17) is 0 Å². The molecule has 1 amide bonds. The topological polar surface area (TPSA) is 111 Å². The molecule has 2 aromatic rings. The third kappa shape index (κ3) is 3.81. The van der Waals surface area contributed by atoms with Gasteiger partial charge in [-0.05, 0) is 17.7 Å². The van der Waals surface area contributed by atoms with Crippen molar-refractivity contribution in [2.75, 3.05) is 11.1 Å². The Balaban J connectivity index is 1.91. The van der Waals surface area contributed by atoms with Gasteiger partial charge in [0, 0.05) is 5.69 Å². The number of benzene rings is 1. The first-order chi connectivity index (χ1) is 9.15. The van der Waals surface area contributed by atoms with Crippen LogP contribution in [0.4, 0.5) is 5.69 Å². The number of aromatic carboxylic acids is 1. The summed E-state index contributed by atoms with van der Waals surface area (Å²) in [6.45, 7) is 0. The Morgan fingerprint density at radius 3 is 2.95 bits per heavy atom. The van der Waals surface area contributed by atoms with E-state index in [0.29, 0.717) is 10.8 Å². The highest BCUT2D eigenvalue weighted by molar-refractivity contribution is 7.99. The zero-order valence-electron chi connectivity index (χ0n) is 9.62. The van der Waals surface area contributed by atoms with Gasteiger partial charge in [0.25, 0.3) is 0 Å². The number of aromatic amines is 1. The van der Waals surface area contributed by atoms with Gasteiger partial charge < -0.3 is 15.2 Å². The Morgan fingerprint density at radius 2 is 2.26 bits per heavy atom. The van der Waals surface area contributed by atoms with E-state index < -0.39 is 5.97 Å². The van der Waals surface area contributed by atoms with Crippen LogP contribution in [-0.4, -0.2) is 32.8 Å². The van der Waals surface area contributed by atoms with Crippen molar-refractivity contribution in [3.8, 4) is 0 Å². The molecule has 19 heavy (non-hydrogen) atoms. The Morgan fingerprint density at radius 1 is 1.42 bits per heavy atom. The van der Waals surface area contributed by atoms with Gasteiger partial charge >= 0.3 is 0 Å². The van der Waals surface area contributed by atoms with Crippen molar-refractivity contribution >= 4 is 29.3 Å². The van der Waals surface area contributed by atoms with E-state index in [9.17, 15) is 14.7 Å². The number of nitrogens with zero attached hydrogens (tertiary/aromatic N) is 2.